The number of nitrogens with zero attached hydrogens (tertiary/aromatic N) is 2. The summed E-state index contributed by atoms with van der Waals surface area (Å²) < 4.78 is 5.05. The van der Waals surface area contributed by atoms with Crippen molar-refractivity contribution in [2.45, 2.75) is 25.3 Å². The van der Waals surface area contributed by atoms with Crippen molar-refractivity contribution < 1.29 is 14.0 Å². The number of carbonyl (C=O) groups is 2. The van der Waals surface area contributed by atoms with Crippen molar-refractivity contribution in [1.82, 2.24) is 9.80 Å². The van der Waals surface area contributed by atoms with Gasteiger partial charge in [0, 0.05) is 19.1 Å². The Balaban J connectivity index is 1.80. The minimum absolute atomic E-state index is 0.167. The smallest absolute Gasteiger partial charge is 0.327 e. The normalized spacial score (nSPS) is 24.0. The summed E-state index contributed by atoms with van der Waals surface area (Å²) in [5, 5.41) is 0. The van der Waals surface area contributed by atoms with Crippen molar-refractivity contribution in [2.24, 2.45) is 0 Å². The van der Waals surface area contributed by atoms with E-state index in [0.29, 0.717) is 12.6 Å². The third kappa shape index (κ3) is 1.62. The summed E-state index contributed by atoms with van der Waals surface area (Å²) in [4.78, 5) is 27.3. The van der Waals surface area contributed by atoms with Crippen LogP contribution in [0.4, 0.5) is 4.79 Å². The molecule has 0 saturated carbocycles. The first-order chi connectivity index (χ1) is 8.27. The van der Waals surface area contributed by atoms with E-state index in [-0.39, 0.29) is 17.7 Å². The van der Waals surface area contributed by atoms with E-state index in [4.69, 9.17) is 4.42 Å². The van der Waals surface area contributed by atoms with E-state index in [2.05, 4.69) is 0 Å². The fourth-order valence-corrected chi connectivity index (χ4v) is 2.64. The van der Waals surface area contributed by atoms with Gasteiger partial charge < -0.3 is 9.32 Å². The van der Waals surface area contributed by atoms with Crippen LogP contribution in [0.3, 0.4) is 0 Å². The van der Waals surface area contributed by atoms with Crippen LogP contribution in [0.25, 0.3) is 0 Å². The molecule has 5 nitrogen and oxygen atoms in total. The maximum atomic E-state index is 12.1. The molecule has 2 fully saturated rings. The van der Waals surface area contributed by atoms with Gasteiger partial charge in [-0.1, -0.05) is 0 Å². The number of urea groups is 1. The van der Waals surface area contributed by atoms with E-state index in [1.54, 1.807) is 12.1 Å². The summed E-state index contributed by atoms with van der Waals surface area (Å²) in [6.07, 6.45) is 4.42. The number of amides is 3. The molecule has 90 valence electrons. The Bertz CT molecular complexity index is 441. The zero-order valence-corrected chi connectivity index (χ0v) is 9.46. The van der Waals surface area contributed by atoms with E-state index >= 15 is 0 Å². The van der Waals surface area contributed by atoms with Crippen LogP contribution in [0.2, 0.25) is 0 Å². The highest BCUT2D eigenvalue weighted by Gasteiger charge is 2.39. The molecule has 2 saturated heterocycles. The Morgan fingerprint density at radius 1 is 1.35 bits per heavy atom. The van der Waals surface area contributed by atoms with Crippen molar-refractivity contribution in [3.05, 3.63) is 24.2 Å². The maximum Gasteiger partial charge on any atom is 0.327 e. The van der Waals surface area contributed by atoms with Gasteiger partial charge in [0.05, 0.1) is 6.26 Å². The number of furan rings is 1. The average Bonchev–Trinajstić information content (AvgIpc) is 3.00. The van der Waals surface area contributed by atoms with Gasteiger partial charge >= 0.3 is 6.03 Å². The van der Waals surface area contributed by atoms with Gasteiger partial charge in [-0.15, -0.1) is 0 Å². The minimum Gasteiger partial charge on any atom is -0.459 e. The van der Waals surface area contributed by atoms with Gasteiger partial charge in [-0.2, -0.15) is 0 Å². The number of carbonyl (C=O) groups excluding carboxylic acids is 2. The predicted octanol–water partition coefficient (Wildman–Crippen LogP) is 1.71. The van der Waals surface area contributed by atoms with Crippen molar-refractivity contribution >= 4 is 11.9 Å². The molecule has 0 N–H and O–H groups in total. The quantitative estimate of drug-likeness (QED) is 0.743. The molecule has 17 heavy (non-hydrogen) atoms. The van der Waals surface area contributed by atoms with Crippen LogP contribution in [0.1, 0.15) is 29.8 Å². The number of imide groups is 1. The second kappa shape index (κ2) is 3.91. The highest BCUT2D eigenvalue weighted by Crippen LogP contribution is 2.26. The molecule has 0 bridgehead atoms. The summed E-state index contributed by atoms with van der Waals surface area (Å²) in [5.74, 6) is -0.0960. The number of rotatable bonds is 1. The molecule has 2 aliphatic rings. The van der Waals surface area contributed by atoms with E-state index in [1.807, 2.05) is 4.90 Å². The second-order valence-corrected chi connectivity index (χ2v) is 4.49. The number of fused-ring (bicyclic) bond motifs is 1. The number of hydrogen-bond donors (Lipinski definition) is 0. The topological polar surface area (TPSA) is 53.8 Å². The lowest BCUT2D eigenvalue weighted by molar-refractivity contribution is 0.0649. The average molecular weight is 234 g/mol. The SMILES string of the molecule is O=C(c1ccco1)N1CCC2CCCN2C1=O. The molecule has 0 spiro atoms. The van der Waals surface area contributed by atoms with Crippen molar-refractivity contribution in [2.75, 3.05) is 13.1 Å². The lowest BCUT2D eigenvalue weighted by atomic mass is 10.1. The van der Waals surface area contributed by atoms with Gasteiger partial charge in [0.2, 0.25) is 0 Å². The first kappa shape index (κ1) is 10.4. The van der Waals surface area contributed by atoms with Crippen molar-refractivity contribution in [1.29, 1.82) is 0 Å². The third-order valence-electron chi connectivity index (χ3n) is 3.52. The Morgan fingerprint density at radius 2 is 2.24 bits per heavy atom. The monoisotopic (exact) mass is 234 g/mol. The molecular weight excluding hydrogens is 220 g/mol. The molecule has 3 rings (SSSR count). The van der Waals surface area contributed by atoms with Gasteiger partial charge in [0.25, 0.3) is 5.91 Å². The number of hydrogen-bond acceptors (Lipinski definition) is 3. The maximum absolute atomic E-state index is 12.1. The van der Waals surface area contributed by atoms with Crippen LogP contribution >= 0.6 is 0 Å². The van der Waals surface area contributed by atoms with Crippen LogP contribution < -0.4 is 0 Å². The third-order valence-corrected chi connectivity index (χ3v) is 3.52. The lowest BCUT2D eigenvalue weighted by Gasteiger charge is -2.36. The molecule has 0 radical (unpaired) electrons. The predicted molar refractivity (Wildman–Crippen MR) is 59.5 cm³/mol. The largest absolute Gasteiger partial charge is 0.459 e. The standard InChI is InChI=1S/C12H14N2O3/c15-11(10-4-2-8-17-10)14-7-5-9-3-1-6-13(9)12(14)16/h2,4,8-9H,1,3,5-7H2. The summed E-state index contributed by atoms with van der Waals surface area (Å²) in [7, 11) is 0. The molecule has 3 amide bonds. The molecule has 0 aromatic carbocycles. The first-order valence-corrected chi connectivity index (χ1v) is 5.93. The van der Waals surface area contributed by atoms with E-state index in [0.717, 1.165) is 25.8 Å². The van der Waals surface area contributed by atoms with Crippen LogP contribution in [0.15, 0.2) is 22.8 Å². The molecule has 1 atom stereocenters. The highest BCUT2D eigenvalue weighted by atomic mass is 16.3. The van der Waals surface area contributed by atoms with Crippen LogP contribution in [-0.4, -0.2) is 40.9 Å². The van der Waals surface area contributed by atoms with Crippen LogP contribution in [0.5, 0.6) is 0 Å². The van der Waals surface area contributed by atoms with Crippen LogP contribution in [-0.2, 0) is 0 Å². The molecular formula is C12H14N2O3. The van der Waals surface area contributed by atoms with Gasteiger partial charge in [-0.25, -0.2) is 4.79 Å². The Morgan fingerprint density at radius 3 is 3.00 bits per heavy atom. The van der Waals surface area contributed by atoms with E-state index < -0.39 is 0 Å². The van der Waals surface area contributed by atoms with Gasteiger partial charge in [-0.3, -0.25) is 9.69 Å². The van der Waals surface area contributed by atoms with Gasteiger partial charge in [0.15, 0.2) is 5.76 Å². The Kier molecular flexibility index (Phi) is 2.39. The molecule has 1 aromatic heterocycles. The molecule has 5 heteroatoms. The molecule has 3 heterocycles. The van der Waals surface area contributed by atoms with Gasteiger partial charge in [-0.05, 0) is 31.4 Å². The fourth-order valence-electron chi connectivity index (χ4n) is 2.64. The first-order valence-electron chi connectivity index (χ1n) is 5.93. The Hall–Kier alpha value is -1.78. The second-order valence-electron chi connectivity index (χ2n) is 4.49. The minimum atomic E-state index is -0.328. The van der Waals surface area contributed by atoms with E-state index in [9.17, 15) is 9.59 Å². The molecule has 2 aliphatic heterocycles. The zero-order valence-electron chi connectivity index (χ0n) is 9.46. The molecule has 0 aliphatic carbocycles. The lowest BCUT2D eigenvalue weighted by Crippen LogP contribution is -2.53. The highest BCUT2D eigenvalue weighted by molar-refractivity contribution is 6.03. The van der Waals surface area contributed by atoms with E-state index in [1.165, 1.54) is 11.2 Å². The fraction of sp³-hybridized carbons (Fsp3) is 0.500. The van der Waals surface area contributed by atoms with Crippen molar-refractivity contribution in [3.8, 4) is 0 Å². The van der Waals surface area contributed by atoms with Crippen molar-refractivity contribution in [3.63, 3.8) is 0 Å². The molecule has 1 unspecified atom stereocenters. The summed E-state index contributed by atoms with van der Waals surface area (Å²) in [6, 6.07) is 3.41. The summed E-state index contributed by atoms with van der Waals surface area (Å²) in [5.41, 5.74) is 0. The summed E-state index contributed by atoms with van der Waals surface area (Å²) >= 11 is 0. The van der Waals surface area contributed by atoms with Gasteiger partial charge in [0.1, 0.15) is 0 Å². The zero-order chi connectivity index (χ0) is 11.8. The summed E-state index contributed by atoms with van der Waals surface area (Å²) in [6.45, 7) is 1.27. The molecule has 1 aromatic rings. The van der Waals surface area contributed by atoms with Crippen LogP contribution in [0, 0.1) is 0 Å². The Labute approximate surface area is 99.0 Å².